The Kier molecular flexibility index (Phi) is 7.17. The maximum Gasteiger partial charge on any atom is 0.437 e. The first-order valence-electron chi connectivity index (χ1n) is 10.5. The van der Waals surface area contributed by atoms with Gasteiger partial charge in [0.1, 0.15) is 12.5 Å². The Hall–Kier alpha value is -3.28. The molecule has 3 aromatic rings. The number of carbonyl (C=O) groups is 2. The van der Waals surface area contributed by atoms with E-state index in [4.69, 9.17) is 21.1 Å². The van der Waals surface area contributed by atoms with Crippen LogP contribution in [-0.4, -0.2) is 35.9 Å². The van der Waals surface area contributed by atoms with E-state index < -0.39 is 35.7 Å². The number of ketones is 1. The molecule has 3 unspecified atom stereocenters. The highest BCUT2D eigenvalue weighted by molar-refractivity contribution is 7.12. The monoisotopic (exact) mass is 540 g/mol. The molecule has 1 aliphatic heterocycles. The van der Waals surface area contributed by atoms with Crippen LogP contribution in [0.1, 0.15) is 26.8 Å². The number of ether oxygens (including phenoxy) is 2. The van der Waals surface area contributed by atoms with E-state index in [9.17, 15) is 27.9 Å². The predicted octanol–water partition coefficient (Wildman–Crippen LogP) is 5.09. The minimum Gasteiger partial charge on any atom is -0.493 e. The molecular weight excluding hydrogens is 521 g/mol. The zero-order valence-corrected chi connectivity index (χ0v) is 20.2. The molecule has 3 N–H and O–H groups in total. The largest absolute Gasteiger partial charge is 0.493 e. The molecule has 1 fully saturated rings. The van der Waals surface area contributed by atoms with Gasteiger partial charge in [-0.25, -0.2) is 4.79 Å². The van der Waals surface area contributed by atoms with E-state index in [1.54, 1.807) is 24.3 Å². The first-order valence-corrected chi connectivity index (χ1v) is 11.8. The van der Waals surface area contributed by atoms with Crippen molar-refractivity contribution in [2.24, 2.45) is 5.92 Å². The number of hydrogen-bond donors (Lipinski definition) is 3. The number of methoxy groups -OCH3 is 1. The van der Waals surface area contributed by atoms with E-state index in [0.29, 0.717) is 5.02 Å². The standard InChI is InChI=1S/C24H20ClF3N2O5S/c1-34-17-11-14(6-9-16(17)35-12-13-4-7-15(25)8-5-13)20-19(21(31)18-3-2-10-36-18)23(33,24(26,27)28)30-22(32)29-20/h2-11,19-20,33H,12H2,1H3,(H2,29,30,32). The quantitative estimate of drug-likeness (QED) is 0.363. The van der Waals surface area contributed by atoms with E-state index in [2.05, 4.69) is 5.32 Å². The first-order chi connectivity index (χ1) is 17.0. The van der Waals surface area contributed by atoms with Gasteiger partial charge in [0.05, 0.1) is 18.0 Å². The van der Waals surface area contributed by atoms with Gasteiger partial charge in [-0.2, -0.15) is 13.2 Å². The molecule has 2 heterocycles. The van der Waals surface area contributed by atoms with Gasteiger partial charge in [-0.05, 0) is 46.8 Å². The molecule has 2 amide bonds. The average Bonchev–Trinajstić information content (AvgIpc) is 3.37. The summed E-state index contributed by atoms with van der Waals surface area (Å²) < 4.78 is 53.3. The summed E-state index contributed by atoms with van der Waals surface area (Å²) in [6, 6.07) is 11.2. The van der Waals surface area contributed by atoms with Gasteiger partial charge in [0, 0.05) is 5.02 Å². The minimum absolute atomic E-state index is 0.000469. The Morgan fingerprint density at radius 2 is 1.89 bits per heavy atom. The van der Waals surface area contributed by atoms with Crippen molar-refractivity contribution in [1.29, 1.82) is 0 Å². The van der Waals surface area contributed by atoms with Crippen molar-refractivity contribution in [1.82, 2.24) is 10.6 Å². The molecule has 1 saturated heterocycles. The Balaban J connectivity index is 1.70. The van der Waals surface area contributed by atoms with Crippen LogP contribution in [0.3, 0.4) is 0 Å². The molecule has 3 atom stereocenters. The molecule has 0 radical (unpaired) electrons. The summed E-state index contributed by atoms with van der Waals surface area (Å²) in [6.45, 7) is 0.157. The van der Waals surface area contributed by atoms with Crippen LogP contribution in [0.5, 0.6) is 11.5 Å². The van der Waals surface area contributed by atoms with Crippen LogP contribution < -0.4 is 20.1 Å². The van der Waals surface area contributed by atoms with Crippen LogP contribution in [0.15, 0.2) is 60.0 Å². The fourth-order valence-corrected chi connectivity index (χ4v) is 4.76. The van der Waals surface area contributed by atoms with E-state index in [1.807, 2.05) is 0 Å². The highest BCUT2D eigenvalue weighted by Crippen LogP contribution is 2.45. The predicted molar refractivity (Wildman–Crippen MR) is 126 cm³/mol. The van der Waals surface area contributed by atoms with Gasteiger partial charge in [-0.3, -0.25) is 4.79 Å². The van der Waals surface area contributed by atoms with Crippen LogP contribution >= 0.6 is 22.9 Å². The zero-order chi connectivity index (χ0) is 26.1. The first kappa shape index (κ1) is 25.8. The second kappa shape index (κ2) is 10.00. The van der Waals surface area contributed by atoms with Crippen molar-refractivity contribution < 1.29 is 37.3 Å². The van der Waals surface area contributed by atoms with Gasteiger partial charge < -0.3 is 25.2 Å². The van der Waals surface area contributed by atoms with E-state index in [0.717, 1.165) is 16.9 Å². The third kappa shape index (κ3) is 4.99. The number of benzene rings is 2. The summed E-state index contributed by atoms with van der Waals surface area (Å²) in [7, 11) is 1.34. The third-order valence-electron chi connectivity index (χ3n) is 5.71. The number of thiophene rings is 1. The summed E-state index contributed by atoms with van der Waals surface area (Å²) in [6.07, 6.45) is -5.34. The number of rotatable bonds is 7. The lowest BCUT2D eigenvalue weighted by Crippen LogP contribution is -2.72. The van der Waals surface area contributed by atoms with Crippen LogP contribution in [0, 0.1) is 5.92 Å². The van der Waals surface area contributed by atoms with Crippen molar-refractivity contribution in [3.63, 3.8) is 0 Å². The topological polar surface area (TPSA) is 96.9 Å². The number of urea groups is 1. The molecule has 190 valence electrons. The van der Waals surface area contributed by atoms with E-state index in [1.165, 1.54) is 48.1 Å². The lowest BCUT2D eigenvalue weighted by Gasteiger charge is -2.44. The van der Waals surface area contributed by atoms with Gasteiger partial charge in [-0.15, -0.1) is 11.3 Å². The summed E-state index contributed by atoms with van der Waals surface area (Å²) in [4.78, 5) is 25.4. The molecule has 2 aromatic carbocycles. The van der Waals surface area contributed by atoms with Gasteiger partial charge in [0.2, 0.25) is 5.72 Å². The normalized spacial score (nSPS) is 21.9. The van der Waals surface area contributed by atoms with Crippen molar-refractivity contribution in [2.45, 2.75) is 24.6 Å². The molecule has 1 aliphatic rings. The van der Waals surface area contributed by atoms with Crippen molar-refractivity contribution in [2.75, 3.05) is 7.11 Å². The number of hydrogen-bond acceptors (Lipinski definition) is 6. The second-order valence-corrected chi connectivity index (χ2v) is 9.37. The molecule has 4 rings (SSSR count). The Bertz CT molecular complexity index is 1250. The van der Waals surface area contributed by atoms with Crippen molar-refractivity contribution in [3.05, 3.63) is 81.0 Å². The van der Waals surface area contributed by atoms with Crippen LogP contribution in [-0.2, 0) is 6.61 Å². The second-order valence-electron chi connectivity index (χ2n) is 7.98. The Labute approximate surface area is 212 Å². The van der Waals surface area contributed by atoms with Crippen LogP contribution in [0.2, 0.25) is 5.02 Å². The van der Waals surface area contributed by atoms with Gasteiger partial charge in [0.15, 0.2) is 17.3 Å². The number of aliphatic hydroxyl groups is 1. The van der Waals surface area contributed by atoms with Crippen molar-refractivity contribution in [3.8, 4) is 11.5 Å². The molecule has 7 nitrogen and oxygen atoms in total. The molecular formula is C24H20ClF3N2O5S. The number of carbonyl (C=O) groups excluding carboxylic acids is 2. The highest BCUT2D eigenvalue weighted by Gasteiger charge is 2.66. The average molecular weight is 541 g/mol. The Morgan fingerprint density at radius 3 is 2.50 bits per heavy atom. The molecule has 1 aromatic heterocycles. The molecule has 0 bridgehead atoms. The molecule has 0 spiro atoms. The maximum atomic E-state index is 14.0. The summed E-state index contributed by atoms with van der Waals surface area (Å²) >= 11 is 6.81. The maximum absolute atomic E-state index is 14.0. The summed E-state index contributed by atoms with van der Waals surface area (Å²) in [5.41, 5.74) is -2.89. The Morgan fingerprint density at radius 1 is 1.17 bits per heavy atom. The number of amides is 2. The van der Waals surface area contributed by atoms with Crippen molar-refractivity contribution >= 4 is 34.8 Å². The SMILES string of the molecule is COc1cc(C2NC(=O)NC(O)(C(F)(F)F)C2C(=O)c2cccs2)ccc1OCc1ccc(Cl)cc1. The molecule has 0 aliphatic carbocycles. The molecule has 36 heavy (non-hydrogen) atoms. The lowest BCUT2D eigenvalue weighted by atomic mass is 9.78. The van der Waals surface area contributed by atoms with Crippen LogP contribution in [0.4, 0.5) is 18.0 Å². The van der Waals surface area contributed by atoms with Gasteiger partial charge >= 0.3 is 12.2 Å². The van der Waals surface area contributed by atoms with E-state index >= 15 is 0 Å². The fourth-order valence-electron chi connectivity index (χ4n) is 3.93. The smallest absolute Gasteiger partial charge is 0.437 e. The third-order valence-corrected chi connectivity index (χ3v) is 6.84. The number of alkyl halides is 3. The lowest BCUT2D eigenvalue weighted by molar-refractivity contribution is -0.287. The summed E-state index contributed by atoms with van der Waals surface area (Å²) in [5, 5.41) is 16.6. The minimum atomic E-state index is -5.34. The highest BCUT2D eigenvalue weighted by atomic mass is 35.5. The van der Waals surface area contributed by atoms with Gasteiger partial charge in [-0.1, -0.05) is 35.9 Å². The zero-order valence-electron chi connectivity index (χ0n) is 18.6. The fraction of sp³-hybridized carbons (Fsp3) is 0.250. The number of halogens is 4. The van der Waals surface area contributed by atoms with Crippen LogP contribution in [0.25, 0.3) is 0 Å². The molecule has 12 heteroatoms. The number of Topliss-reactive ketones (excluding diaryl/α,β-unsaturated/α-hetero) is 1. The number of nitrogens with one attached hydrogen (secondary N) is 2. The summed E-state index contributed by atoms with van der Waals surface area (Å²) in [5.74, 6) is -2.67. The van der Waals surface area contributed by atoms with E-state index in [-0.39, 0.29) is 28.5 Å². The molecule has 0 saturated carbocycles. The van der Waals surface area contributed by atoms with Gasteiger partial charge in [0.25, 0.3) is 0 Å².